The molecule has 0 bridgehead atoms. The van der Waals surface area contributed by atoms with Crippen LogP contribution in [0.25, 0.3) is 10.9 Å². The summed E-state index contributed by atoms with van der Waals surface area (Å²) >= 11 is 0. The molecule has 0 radical (unpaired) electrons. The van der Waals surface area contributed by atoms with E-state index in [9.17, 15) is 4.79 Å². The molecule has 0 saturated carbocycles. The van der Waals surface area contributed by atoms with Gasteiger partial charge in [0.05, 0.1) is 11.6 Å². The molecule has 1 fully saturated rings. The molecule has 2 N–H and O–H groups in total. The van der Waals surface area contributed by atoms with Gasteiger partial charge in [-0.3, -0.25) is 14.7 Å². The van der Waals surface area contributed by atoms with Crippen LogP contribution in [0.4, 0.5) is 0 Å². The first-order valence-corrected chi connectivity index (χ1v) is 12.7. The number of likely N-dealkylation sites (tertiary alicyclic amines) is 1. The first-order chi connectivity index (χ1) is 17.0. The van der Waals surface area contributed by atoms with Crippen LogP contribution in [0.3, 0.4) is 0 Å². The summed E-state index contributed by atoms with van der Waals surface area (Å²) in [6.45, 7) is 7.53. The Hall–Kier alpha value is -3.44. The van der Waals surface area contributed by atoms with Crippen LogP contribution in [-0.4, -0.2) is 33.4 Å². The van der Waals surface area contributed by atoms with Crippen molar-refractivity contribution in [2.24, 2.45) is 5.73 Å². The van der Waals surface area contributed by atoms with E-state index in [-0.39, 0.29) is 17.9 Å². The minimum Gasteiger partial charge on any atom is -0.366 e. The Morgan fingerprint density at radius 3 is 2.43 bits per heavy atom. The molecule has 5 nitrogen and oxygen atoms in total. The Labute approximate surface area is 207 Å². The zero-order valence-electron chi connectivity index (χ0n) is 20.7. The first kappa shape index (κ1) is 23.3. The molecular formula is C30H34N4O. The summed E-state index contributed by atoms with van der Waals surface area (Å²) in [5, 5.41) is 0.943. The third-order valence-electron chi connectivity index (χ3n) is 7.15. The van der Waals surface area contributed by atoms with Crippen molar-refractivity contribution in [3.63, 3.8) is 0 Å². The molecule has 35 heavy (non-hydrogen) atoms. The van der Waals surface area contributed by atoms with Gasteiger partial charge < -0.3 is 10.3 Å². The average molecular weight is 467 g/mol. The summed E-state index contributed by atoms with van der Waals surface area (Å²) in [7, 11) is 0. The molecule has 0 spiro atoms. The van der Waals surface area contributed by atoms with E-state index in [2.05, 4.69) is 76.8 Å². The van der Waals surface area contributed by atoms with Crippen molar-refractivity contribution in [3.05, 3.63) is 101 Å². The van der Waals surface area contributed by atoms with Gasteiger partial charge in [-0.05, 0) is 67.1 Å². The monoisotopic (exact) mass is 466 g/mol. The quantitative estimate of drug-likeness (QED) is 0.363. The van der Waals surface area contributed by atoms with Gasteiger partial charge in [0.15, 0.2) is 0 Å². The number of hydrogen-bond donors (Lipinski definition) is 1. The van der Waals surface area contributed by atoms with Crippen LogP contribution in [-0.2, 0) is 13.0 Å². The number of primary amides is 1. The molecule has 1 aliphatic heterocycles. The second-order valence-corrected chi connectivity index (χ2v) is 9.98. The van der Waals surface area contributed by atoms with E-state index in [1.807, 2.05) is 18.3 Å². The summed E-state index contributed by atoms with van der Waals surface area (Å²) in [5.74, 6) is -0.232. The lowest BCUT2D eigenvalue weighted by molar-refractivity contribution is 0.1000. The lowest BCUT2D eigenvalue weighted by Crippen LogP contribution is -2.20. The molecular weight excluding hydrogens is 432 g/mol. The van der Waals surface area contributed by atoms with Gasteiger partial charge in [-0.2, -0.15) is 0 Å². The zero-order chi connectivity index (χ0) is 24.4. The lowest BCUT2D eigenvalue weighted by atomic mass is 9.97. The van der Waals surface area contributed by atoms with Gasteiger partial charge in [-0.25, -0.2) is 0 Å². The van der Waals surface area contributed by atoms with E-state index >= 15 is 0 Å². The fourth-order valence-electron chi connectivity index (χ4n) is 5.61. The molecule has 5 heteroatoms. The number of carbonyl (C=O) groups excluding carboxylic acids is 1. The van der Waals surface area contributed by atoms with Crippen LogP contribution in [0.5, 0.6) is 0 Å². The third kappa shape index (κ3) is 4.73. The zero-order valence-corrected chi connectivity index (χ0v) is 20.7. The van der Waals surface area contributed by atoms with E-state index in [1.165, 1.54) is 24.0 Å². The Morgan fingerprint density at radius 1 is 1.00 bits per heavy atom. The highest BCUT2D eigenvalue weighted by Crippen LogP contribution is 2.38. The number of nitrogens with two attached hydrogens (primary N) is 1. The number of carbonyl (C=O) groups is 1. The Morgan fingerprint density at radius 2 is 1.77 bits per heavy atom. The minimum atomic E-state index is -0.363. The van der Waals surface area contributed by atoms with Gasteiger partial charge in [-0.1, -0.05) is 62.4 Å². The Kier molecular flexibility index (Phi) is 6.69. The highest BCUT2D eigenvalue weighted by molar-refractivity contribution is 6.08. The van der Waals surface area contributed by atoms with Gasteiger partial charge in [0.1, 0.15) is 0 Å². The van der Waals surface area contributed by atoms with Crippen molar-refractivity contribution in [2.45, 2.75) is 51.6 Å². The topological polar surface area (TPSA) is 64.2 Å². The fraction of sp³-hybridized carbons (Fsp3) is 0.333. The number of hydrogen-bond acceptors (Lipinski definition) is 3. The molecule has 1 saturated heterocycles. The van der Waals surface area contributed by atoms with Crippen LogP contribution in [0.2, 0.25) is 0 Å². The minimum absolute atomic E-state index is 0.00966. The van der Waals surface area contributed by atoms with E-state index < -0.39 is 0 Å². The maximum atomic E-state index is 12.8. The molecule has 1 aliphatic rings. The predicted molar refractivity (Wildman–Crippen MR) is 142 cm³/mol. The largest absolute Gasteiger partial charge is 0.366 e. The van der Waals surface area contributed by atoms with Crippen LogP contribution in [0.15, 0.2) is 73.1 Å². The SMILES string of the molecule is CC(C)c1c(C(N)=O)c2ccc(CN3CCCC3)cc2n1C(Cc1cccnc1)c1ccccc1. The molecule has 2 aromatic carbocycles. The van der Waals surface area contributed by atoms with Crippen molar-refractivity contribution < 1.29 is 4.79 Å². The number of benzene rings is 2. The summed E-state index contributed by atoms with van der Waals surface area (Å²) in [6.07, 6.45) is 7.05. The summed E-state index contributed by atoms with van der Waals surface area (Å²) in [5.41, 5.74) is 12.4. The number of rotatable bonds is 8. The molecule has 4 aromatic rings. The van der Waals surface area contributed by atoms with E-state index in [0.717, 1.165) is 48.2 Å². The Bertz CT molecular complexity index is 1300. The van der Waals surface area contributed by atoms with Crippen molar-refractivity contribution in [2.75, 3.05) is 13.1 Å². The average Bonchev–Trinajstić information content (AvgIpc) is 3.49. The maximum Gasteiger partial charge on any atom is 0.251 e. The van der Waals surface area contributed by atoms with Crippen LogP contribution < -0.4 is 5.73 Å². The second-order valence-electron chi connectivity index (χ2n) is 9.98. The molecule has 1 amide bonds. The summed E-state index contributed by atoms with van der Waals surface area (Å²) in [6, 6.07) is 21.2. The highest BCUT2D eigenvalue weighted by Gasteiger charge is 2.28. The van der Waals surface area contributed by atoms with Gasteiger partial charge in [0.25, 0.3) is 5.91 Å². The fourth-order valence-corrected chi connectivity index (χ4v) is 5.61. The van der Waals surface area contributed by atoms with E-state index in [1.54, 1.807) is 6.20 Å². The molecule has 180 valence electrons. The van der Waals surface area contributed by atoms with Crippen LogP contribution in [0.1, 0.15) is 71.4 Å². The van der Waals surface area contributed by atoms with Crippen LogP contribution >= 0.6 is 0 Å². The van der Waals surface area contributed by atoms with Crippen molar-refractivity contribution >= 4 is 16.8 Å². The van der Waals surface area contributed by atoms with Gasteiger partial charge in [0.2, 0.25) is 0 Å². The smallest absolute Gasteiger partial charge is 0.251 e. The number of pyridine rings is 1. The van der Waals surface area contributed by atoms with Gasteiger partial charge in [-0.15, -0.1) is 0 Å². The van der Waals surface area contributed by atoms with Crippen molar-refractivity contribution in [1.82, 2.24) is 14.5 Å². The molecule has 2 aromatic heterocycles. The predicted octanol–water partition coefficient (Wildman–Crippen LogP) is 5.69. The van der Waals surface area contributed by atoms with Gasteiger partial charge >= 0.3 is 0 Å². The van der Waals surface area contributed by atoms with Gasteiger partial charge in [0, 0.05) is 35.5 Å². The number of fused-ring (bicyclic) bond motifs is 1. The van der Waals surface area contributed by atoms with Crippen molar-refractivity contribution in [1.29, 1.82) is 0 Å². The second kappa shape index (κ2) is 10.0. The Balaban J connectivity index is 1.74. The normalized spacial score (nSPS) is 15.2. The van der Waals surface area contributed by atoms with Crippen molar-refractivity contribution in [3.8, 4) is 0 Å². The molecule has 1 unspecified atom stereocenters. The van der Waals surface area contributed by atoms with Crippen LogP contribution in [0, 0.1) is 0 Å². The molecule has 3 heterocycles. The number of nitrogens with zero attached hydrogens (tertiary/aromatic N) is 3. The number of amides is 1. The molecule has 0 aliphatic carbocycles. The molecule has 5 rings (SSSR count). The third-order valence-corrected chi connectivity index (χ3v) is 7.15. The number of aromatic nitrogens is 2. The first-order valence-electron chi connectivity index (χ1n) is 12.7. The lowest BCUT2D eigenvalue weighted by Gasteiger charge is -2.26. The summed E-state index contributed by atoms with van der Waals surface area (Å²) < 4.78 is 2.38. The van der Waals surface area contributed by atoms with E-state index in [4.69, 9.17) is 5.73 Å². The summed E-state index contributed by atoms with van der Waals surface area (Å²) in [4.78, 5) is 19.7. The van der Waals surface area contributed by atoms with E-state index in [0.29, 0.717) is 5.56 Å². The molecule has 1 atom stereocenters. The maximum absolute atomic E-state index is 12.8. The highest BCUT2D eigenvalue weighted by atomic mass is 16.1. The standard InChI is InChI=1S/C30H34N4O/c1-21(2)29-28(30(31)35)25-13-12-23(20-33-15-6-7-16-33)18-27(25)34(29)26(24-10-4-3-5-11-24)17-22-9-8-14-32-19-22/h3-5,8-14,18-19,21,26H,6-7,15-17,20H2,1-2H3,(H2,31,35).